The lowest BCUT2D eigenvalue weighted by Gasteiger charge is -1.84. The van der Waals surface area contributed by atoms with E-state index in [-0.39, 0.29) is 5.69 Å². The molecule has 2 heterocycles. The van der Waals surface area contributed by atoms with Crippen molar-refractivity contribution in [3.63, 3.8) is 0 Å². The van der Waals surface area contributed by atoms with Gasteiger partial charge >= 0.3 is 5.97 Å². The van der Waals surface area contributed by atoms with E-state index in [1.807, 2.05) is 0 Å². The maximum Gasteiger partial charge on any atom is 0.352 e. The largest absolute Gasteiger partial charge is 0.477 e. The van der Waals surface area contributed by atoms with Crippen molar-refractivity contribution in [3.05, 3.63) is 28.3 Å². The molecule has 2 aromatic heterocycles. The molecule has 0 saturated heterocycles. The number of nitrogens with one attached hydrogen (secondary N) is 2. The van der Waals surface area contributed by atoms with Gasteiger partial charge in [0.25, 0.3) is 5.56 Å². The minimum atomic E-state index is -1.10. The molecular formula is C7H5N3O3. The number of carbonyl (C=O) groups is 1. The molecule has 6 heteroatoms. The van der Waals surface area contributed by atoms with E-state index in [1.54, 1.807) is 0 Å². The van der Waals surface area contributed by atoms with Crippen LogP contribution in [-0.2, 0) is 0 Å². The van der Waals surface area contributed by atoms with Crippen LogP contribution in [0.15, 0.2) is 17.1 Å². The van der Waals surface area contributed by atoms with Gasteiger partial charge in [-0.25, -0.2) is 9.89 Å². The predicted octanol–water partition coefficient (Wildman–Crippen LogP) is -0.0506. The van der Waals surface area contributed by atoms with Crippen molar-refractivity contribution < 1.29 is 9.90 Å². The monoisotopic (exact) mass is 179 g/mol. The zero-order valence-corrected chi connectivity index (χ0v) is 6.37. The second-order valence-electron chi connectivity index (χ2n) is 2.51. The van der Waals surface area contributed by atoms with E-state index in [9.17, 15) is 9.59 Å². The van der Waals surface area contributed by atoms with Gasteiger partial charge in [-0.05, 0) is 6.07 Å². The molecule has 0 unspecified atom stereocenters. The molecule has 0 fully saturated rings. The number of rotatable bonds is 1. The van der Waals surface area contributed by atoms with E-state index in [2.05, 4.69) is 15.2 Å². The second kappa shape index (κ2) is 2.44. The Morgan fingerprint density at radius 3 is 2.92 bits per heavy atom. The van der Waals surface area contributed by atoms with Gasteiger partial charge in [0.2, 0.25) is 0 Å². The van der Waals surface area contributed by atoms with E-state index in [0.717, 1.165) is 0 Å². The average Bonchev–Trinajstić information content (AvgIpc) is 2.49. The van der Waals surface area contributed by atoms with E-state index in [4.69, 9.17) is 5.11 Å². The summed E-state index contributed by atoms with van der Waals surface area (Å²) in [7, 11) is 0. The van der Waals surface area contributed by atoms with Gasteiger partial charge < -0.3 is 10.1 Å². The number of aromatic amines is 2. The molecule has 0 atom stereocenters. The summed E-state index contributed by atoms with van der Waals surface area (Å²) in [5.41, 5.74) is -0.00380. The van der Waals surface area contributed by atoms with Crippen molar-refractivity contribution in [2.45, 2.75) is 0 Å². The maximum absolute atomic E-state index is 11.1. The zero-order valence-electron chi connectivity index (χ0n) is 6.37. The lowest BCUT2D eigenvalue weighted by Crippen LogP contribution is -2.05. The fourth-order valence-corrected chi connectivity index (χ4v) is 1.09. The number of aromatic carboxylic acids is 1. The van der Waals surface area contributed by atoms with Crippen LogP contribution in [0.3, 0.4) is 0 Å². The minimum absolute atomic E-state index is 0.0199. The Morgan fingerprint density at radius 1 is 1.54 bits per heavy atom. The van der Waals surface area contributed by atoms with Gasteiger partial charge in [0, 0.05) is 0 Å². The topological polar surface area (TPSA) is 98.8 Å². The quantitative estimate of drug-likeness (QED) is 0.571. The van der Waals surface area contributed by atoms with Gasteiger partial charge in [-0.3, -0.25) is 4.79 Å². The summed E-state index contributed by atoms with van der Waals surface area (Å²) < 4.78 is 0. The van der Waals surface area contributed by atoms with E-state index < -0.39 is 11.5 Å². The lowest BCUT2D eigenvalue weighted by molar-refractivity contribution is 0.0691. The third-order valence-corrected chi connectivity index (χ3v) is 1.68. The van der Waals surface area contributed by atoms with Crippen LogP contribution in [0.4, 0.5) is 0 Å². The standard InChI is InChI=1S/C7H5N3O3/c11-6-3-1-4(7(12)13)9-5(3)2-8-10-6/h1-2,9H,(H,10,11)(H,12,13). The van der Waals surface area contributed by atoms with Crippen LogP contribution in [0.1, 0.15) is 10.5 Å². The van der Waals surface area contributed by atoms with Crippen LogP contribution in [0.25, 0.3) is 10.9 Å². The molecular weight excluding hydrogens is 174 g/mol. The number of fused-ring (bicyclic) bond motifs is 1. The van der Waals surface area contributed by atoms with Crippen molar-refractivity contribution in [1.82, 2.24) is 15.2 Å². The van der Waals surface area contributed by atoms with Crippen molar-refractivity contribution in [3.8, 4) is 0 Å². The van der Waals surface area contributed by atoms with Crippen LogP contribution in [0, 0.1) is 0 Å². The Balaban J connectivity index is 2.83. The molecule has 0 amide bonds. The van der Waals surface area contributed by atoms with E-state index >= 15 is 0 Å². The molecule has 0 radical (unpaired) electrons. The van der Waals surface area contributed by atoms with E-state index in [0.29, 0.717) is 10.9 Å². The molecule has 0 aliphatic heterocycles. The summed E-state index contributed by atoms with van der Waals surface area (Å²) in [5, 5.41) is 14.6. The Bertz CT molecular complexity index is 525. The van der Waals surface area contributed by atoms with Crippen molar-refractivity contribution >= 4 is 16.9 Å². The Hall–Kier alpha value is -2.11. The molecule has 2 rings (SSSR count). The molecule has 0 bridgehead atoms. The van der Waals surface area contributed by atoms with Gasteiger partial charge in [0.15, 0.2) is 0 Å². The third-order valence-electron chi connectivity index (χ3n) is 1.68. The Labute approximate surface area is 71.2 Å². The van der Waals surface area contributed by atoms with Crippen molar-refractivity contribution in [2.24, 2.45) is 0 Å². The summed E-state index contributed by atoms with van der Waals surface area (Å²) in [4.78, 5) is 24.2. The highest BCUT2D eigenvalue weighted by molar-refractivity contribution is 5.92. The van der Waals surface area contributed by atoms with Crippen molar-refractivity contribution in [2.75, 3.05) is 0 Å². The number of aromatic nitrogens is 3. The summed E-state index contributed by atoms with van der Waals surface area (Å²) in [6.45, 7) is 0. The highest BCUT2D eigenvalue weighted by Gasteiger charge is 2.08. The number of hydrogen-bond acceptors (Lipinski definition) is 3. The first-order valence-corrected chi connectivity index (χ1v) is 3.48. The number of hydrogen-bond donors (Lipinski definition) is 3. The van der Waals surface area contributed by atoms with Gasteiger partial charge in [-0.2, -0.15) is 5.10 Å². The van der Waals surface area contributed by atoms with Gasteiger partial charge in [-0.1, -0.05) is 0 Å². The lowest BCUT2D eigenvalue weighted by atomic mass is 10.3. The number of H-pyrrole nitrogens is 2. The number of carboxylic acid groups (broad SMARTS) is 1. The number of nitrogens with zero attached hydrogens (tertiary/aromatic N) is 1. The minimum Gasteiger partial charge on any atom is -0.477 e. The molecule has 0 spiro atoms. The molecule has 0 saturated carbocycles. The molecule has 6 nitrogen and oxygen atoms in total. The number of carboxylic acids is 1. The van der Waals surface area contributed by atoms with Crippen LogP contribution < -0.4 is 5.56 Å². The first-order chi connectivity index (χ1) is 6.18. The second-order valence-corrected chi connectivity index (χ2v) is 2.51. The first-order valence-electron chi connectivity index (χ1n) is 3.48. The van der Waals surface area contributed by atoms with Crippen LogP contribution in [-0.4, -0.2) is 26.3 Å². The Morgan fingerprint density at radius 2 is 2.31 bits per heavy atom. The SMILES string of the molecule is O=C(O)c1cc2c(=O)[nH]ncc2[nH]1. The summed E-state index contributed by atoms with van der Waals surface area (Å²) in [5.74, 6) is -1.10. The average molecular weight is 179 g/mol. The third kappa shape index (κ3) is 1.08. The molecule has 13 heavy (non-hydrogen) atoms. The normalized spacial score (nSPS) is 10.5. The van der Waals surface area contributed by atoms with Crippen molar-refractivity contribution in [1.29, 1.82) is 0 Å². The summed E-state index contributed by atoms with van der Waals surface area (Å²) in [6.07, 6.45) is 1.36. The molecule has 66 valence electrons. The van der Waals surface area contributed by atoms with Crippen LogP contribution >= 0.6 is 0 Å². The maximum atomic E-state index is 11.1. The van der Waals surface area contributed by atoms with Crippen LogP contribution in [0.2, 0.25) is 0 Å². The molecule has 2 aromatic rings. The van der Waals surface area contributed by atoms with Gasteiger partial charge in [0.05, 0.1) is 17.1 Å². The smallest absolute Gasteiger partial charge is 0.352 e. The van der Waals surface area contributed by atoms with E-state index in [1.165, 1.54) is 12.3 Å². The summed E-state index contributed by atoms with van der Waals surface area (Å²) in [6, 6.07) is 1.28. The van der Waals surface area contributed by atoms with Gasteiger partial charge in [-0.15, -0.1) is 0 Å². The molecule has 3 N–H and O–H groups in total. The predicted molar refractivity (Wildman–Crippen MR) is 43.7 cm³/mol. The highest BCUT2D eigenvalue weighted by atomic mass is 16.4. The summed E-state index contributed by atoms with van der Waals surface area (Å²) >= 11 is 0. The Kier molecular flexibility index (Phi) is 1.42. The van der Waals surface area contributed by atoms with Gasteiger partial charge in [0.1, 0.15) is 5.69 Å². The molecule has 0 aliphatic rings. The fraction of sp³-hybridized carbons (Fsp3) is 0. The highest BCUT2D eigenvalue weighted by Crippen LogP contribution is 2.08. The molecule has 0 aliphatic carbocycles. The zero-order chi connectivity index (χ0) is 9.42. The molecule has 0 aromatic carbocycles. The fourth-order valence-electron chi connectivity index (χ4n) is 1.09. The van der Waals surface area contributed by atoms with Crippen LogP contribution in [0.5, 0.6) is 0 Å². The first kappa shape index (κ1) is 7.53.